The molecule has 0 unspecified atom stereocenters. The lowest BCUT2D eigenvalue weighted by molar-refractivity contribution is 0.0610. The number of amides is 1. The predicted molar refractivity (Wildman–Crippen MR) is 91.6 cm³/mol. The smallest absolute Gasteiger partial charge is 0.254 e. The highest BCUT2D eigenvalue weighted by atomic mass is 16.2. The summed E-state index contributed by atoms with van der Waals surface area (Å²) in [6.07, 6.45) is 6.24. The Bertz CT molecular complexity index is 719. The second kappa shape index (κ2) is 6.30. The third-order valence-corrected chi connectivity index (χ3v) is 4.77. The summed E-state index contributed by atoms with van der Waals surface area (Å²) < 4.78 is 1.90. The van der Waals surface area contributed by atoms with Gasteiger partial charge in [-0.1, -0.05) is 6.92 Å². The van der Waals surface area contributed by atoms with Crippen molar-refractivity contribution in [2.75, 3.05) is 6.54 Å². The second-order valence-corrected chi connectivity index (χ2v) is 6.79. The van der Waals surface area contributed by atoms with Crippen LogP contribution in [0, 0.1) is 6.92 Å². The number of rotatable bonds is 3. The van der Waals surface area contributed by atoms with Crippen LogP contribution in [0.1, 0.15) is 68.5 Å². The molecular formula is C18H26N4O. The van der Waals surface area contributed by atoms with Crippen molar-refractivity contribution < 1.29 is 4.79 Å². The van der Waals surface area contributed by atoms with Gasteiger partial charge in [0.2, 0.25) is 0 Å². The van der Waals surface area contributed by atoms with Gasteiger partial charge in [-0.25, -0.2) is 9.67 Å². The fourth-order valence-corrected chi connectivity index (χ4v) is 3.55. The number of likely N-dealkylation sites (tertiary alicyclic amines) is 1. The maximum atomic E-state index is 13.2. The number of carbonyl (C=O) groups excluding carboxylic acids is 1. The molecule has 0 bridgehead atoms. The SMILES string of the molecule is CC[C@H]1CCCCN1C(=O)c1cc(C)nc2c1cnn2C(C)C. The molecule has 23 heavy (non-hydrogen) atoms. The molecule has 0 spiro atoms. The number of piperidine rings is 1. The Labute approximate surface area is 137 Å². The molecule has 1 aliphatic rings. The minimum absolute atomic E-state index is 0.135. The van der Waals surface area contributed by atoms with Crippen LogP contribution >= 0.6 is 0 Å². The number of hydrogen-bond donors (Lipinski definition) is 0. The summed E-state index contributed by atoms with van der Waals surface area (Å²) in [6, 6.07) is 2.50. The summed E-state index contributed by atoms with van der Waals surface area (Å²) in [5, 5.41) is 5.32. The van der Waals surface area contributed by atoms with Crippen LogP contribution in [0.25, 0.3) is 11.0 Å². The Kier molecular flexibility index (Phi) is 4.37. The first kappa shape index (κ1) is 16.0. The molecule has 2 aromatic rings. The van der Waals surface area contributed by atoms with Gasteiger partial charge in [0.05, 0.1) is 17.1 Å². The highest BCUT2D eigenvalue weighted by Gasteiger charge is 2.28. The maximum Gasteiger partial charge on any atom is 0.254 e. The monoisotopic (exact) mass is 314 g/mol. The summed E-state index contributed by atoms with van der Waals surface area (Å²) in [7, 11) is 0. The normalized spacial score (nSPS) is 18.8. The molecule has 5 heteroatoms. The zero-order chi connectivity index (χ0) is 16.6. The van der Waals surface area contributed by atoms with E-state index in [4.69, 9.17) is 0 Å². The van der Waals surface area contributed by atoms with E-state index < -0.39 is 0 Å². The number of hydrogen-bond acceptors (Lipinski definition) is 3. The lowest BCUT2D eigenvalue weighted by Gasteiger charge is -2.35. The summed E-state index contributed by atoms with van der Waals surface area (Å²) in [6.45, 7) is 9.13. The van der Waals surface area contributed by atoms with Gasteiger partial charge in [-0.2, -0.15) is 5.10 Å². The third-order valence-electron chi connectivity index (χ3n) is 4.77. The fraction of sp³-hybridized carbons (Fsp3) is 0.611. The minimum Gasteiger partial charge on any atom is -0.336 e. The predicted octanol–water partition coefficient (Wildman–Crippen LogP) is 3.73. The Morgan fingerprint density at radius 2 is 2.17 bits per heavy atom. The quantitative estimate of drug-likeness (QED) is 0.867. The van der Waals surface area contributed by atoms with Gasteiger partial charge >= 0.3 is 0 Å². The molecule has 0 aliphatic carbocycles. The van der Waals surface area contributed by atoms with Crippen LogP contribution in [-0.4, -0.2) is 38.2 Å². The molecule has 1 aliphatic heterocycles. The Hall–Kier alpha value is -1.91. The van der Waals surface area contributed by atoms with Crippen molar-refractivity contribution in [1.29, 1.82) is 0 Å². The van der Waals surface area contributed by atoms with Gasteiger partial charge in [-0.05, 0) is 52.5 Å². The Morgan fingerprint density at radius 1 is 1.39 bits per heavy atom. The lowest BCUT2D eigenvalue weighted by atomic mass is 9.98. The first-order valence-electron chi connectivity index (χ1n) is 8.68. The minimum atomic E-state index is 0.135. The molecular weight excluding hydrogens is 288 g/mol. The van der Waals surface area contributed by atoms with Crippen LogP contribution in [0.15, 0.2) is 12.3 Å². The van der Waals surface area contributed by atoms with Gasteiger partial charge in [-0.3, -0.25) is 4.79 Å². The molecule has 0 N–H and O–H groups in total. The highest BCUT2D eigenvalue weighted by molar-refractivity contribution is 6.05. The van der Waals surface area contributed by atoms with E-state index in [2.05, 4.69) is 35.8 Å². The van der Waals surface area contributed by atoms with Gasteiger partial charge in [0.15, 0.2) is 5.65 Å². The highest BCUT2D eigenvalue weighted by Crippen LogP contribution is 2.26. The van der Waals surface area contributed by atoms with E-state index in [1.807, 2.05) is 17.7 Å². The van der Waals surface area contributed by atoms with Crippen LogP contribution in [0.3, 0.4) is 0 Å². The number of aromatic nitrogens is 3. The summed E-state index contributed by atoms with van der Waals surface area (Å²) >= 11 is 0. The Morgan fingerprint density at radius 3 is 2.87 bits per heavy atom. The van der Waals surface area contributed by atoms with Crippen molar-refractivity contribution >= 4 is 16.9 Å². The summed E-state index contributed by atoms with van der Waals surface area (Å²) in [5.74, 6) is 0.135. The van der Waals surface area contributed by atoms with E-state index in [1.54, 1.807) is 6.20 Å². The summed E-state index contributed by atoms with van der Waals surface area (Å²) in [4.78, 5) is 19.8. The molecule has 124 valence electrons. The number of carbonyl (C=O) groups is 1. The van der Waals surface area contributed by atoms with Crippen molar-refractivity contribution in [2.24, 2.45) is 0 Å². The first-order valence-corrected chi connectivity index (χ1v) is 8.68. The standard InChI is InChI=1S/C18H26N4O/c1-5-14-8-6-7-9-21(14)18(23)15-10-13(4)20-17-16(15)11-19-22(17)12(2)3/h10-12,14H,5-9H2,1-4H3/t14-/m0/s1. The van der Waals surface area contributed by atoms with Crippen molar-refractivity contribution in [3.8, 4) is 0 Å². The zero-order valence-electron chi connectivity index (χ0n) is 14.5. The largest absolute Gasteiger partial charge is 0.336 e. The molecule has 0 radical (unpaired) electrons. The number of aryl methyl sites for hydroxylation is 1. The van der Waals surface area contributed by atoms with E-state index in [0.717, 1.165) is 48.1 Å². The third kappa shape index (κ3) is 2.84. The van der Waals surface area contributed by atoms with Crippen LogP contribution in [-0.2, 0) is 0 Å². The molecule has 1 saturated heterocycles. The van der Waals surface area contributed by atoms with E-state index >= 15 is 0 Å². The van der Waals surface area contributed by atoms with Crippen LogP contribution in [0.4, 0.5) is 0 Å². The van der Waals surface area contributed by atoms with E-state index in [1.165, 1.54) is 6.42 Å². The maximum absolute atomic E-state index is 13.2. The molecule has 0 aromatic carbocycles. The van der Waals surface area contributed by atoms with Crippen molar-refractivity contribution in [3.05, 3.63) is 23.5 Å². The molecule has 3 rings (SSSR count). The van der Waals surface area contributed by atoms with E-state index in [0.29, 0.717) is 6.04 Å². The topological polar surface area (TPSA) is 51.0 Å². The fourth-order valence-electron chi connectivity index (χ4n) is 3.55. The van der Waals surface area contributed by atoms with Gasteiger partial charge in [0.1, 0.15) is 0 Å². The first-order chi connectivity index (χ1) is 11.0. The van der Waals surface area contributed by atoms with Crippen LogP contribution < -0.4 is 0 Å². The number of pyridine rings is 1. The average Bonchev–Trinajstić information content (AvgIpc) is 2.97. The van der Waals surface area contributed by atoms with Crippen molar-refractivity contribution in [3.63, 3.8) is 0 Å². The van der Waals surface area contributed by atoms with E-state index in [9.17, 15) is 4.79 Å². The second-order valence-electron chi connectivity index (χ2n) is 6.79. The number of fused-ring (bicyclic) bond motifs is 1. The van der Waals surface area contributed by atoms with Gasteiger partial charge in [0, 0.05) is 24.3 Å². The van der Waals surface area contributed by atoms with Crippen molar-refractivity contribution in [1.82, 2.24) is 19.7 Å². The summed E-state index contributed by atoms with van der Waals surface area (Å²) in [5.41, 5.74) is 2.43. The molecule has 1 atom stereocenters. The Balaban J connectivity index is 2.06. The van der Waals surface area contributed by atoms with Crippen LogP contribution in [0.5, 0.6) is 0 Å². The molecule has 5 nitrogen and oxygen atoms in total. The molecule has 1 amide bonds. The molecule has 0 saturated carbocycles. The van der Waals surface area contributed by atoms with E-state index in [-0.39, 0.29) is 11.9 Å². The molecule has 1 fully saturated rings. The zero-order valence-corrected chi connectivity index (χ0v) is 14.5. The van der Waals surface area contributed by atoms with Gasteiger partial charge in [0.25, 0.3) is 5.91 Å². The van der Waals surface area contributed by atoms with Gasteiger partial charge < -0.3 is 4.90 Å². The van der Waals surface area contributed by atoms with Gasteiger partial charge in [-0.15, -0.1) is 0 Å². The van der Waals surface area contributed by atoms with Crippen molar-refractivity contribution in [2.45, 2.75) is 65.5 Å². The molecule has 2 aromatic heterocycles. The number of nitrogens with zero attached hydrogens (tertiary/aromatic N) is 4. The average molecular weight is 314 g/mol. The lowest BCUT2D eigenvalue weighted by Crippen LogP contribution is -2.43. The van der Waals surface area contributed by atoms with Crippen LogP contribution in [0.2, 0.25) is 0 Å². The molecule has 3 heterocycles.